The Kier molecular flexibility index (Phi) is 3.62. The van der Waals surface area contributed by atoms with Crippen molar-refractivity contribution in [1.82, 2.24) is 9.55 Å². The highest BCUT2D eigenvalue weighted by atomic mass is 16.6. The number of carbonyl (C=O) groups is 1. The number of aromatic nitrogens is 2. The Bertz CT molecular complexity index is 1280. The van der Waals surface area contributed by atoms with Crippen molar-refractivity contribution in [1.29, 1.82) is 0 Å². The fourth-order valence-corrected chi connectivity index (χ4v) is 4.57. The lowest BCUT2D eigenvalue weighted by Crippen LogP contribution is -2.45. The highest BCUT2D eigenvalue weighted by molar-refractivity contribution is 5.93. The van der Waals surface area contributed by atoms with Crippen molar-refractivity contribution < 1.29 is 14.6 Å². The number of hydrogen-bond donors (Lipinski definition) is 3. The Morgan fingerprint density at radius 1 is 1.28 bits per heavy atom. The molecule has 0 amide bonds. The molecule has 8 nitrogen and oxygen atoms in total. The van der Waals surface area contributed by atoms with Crippen LogP contribution in [0.3, 0.4) is 0 Å². The van der Waals surface area contributed by atoms with Gasteiger partial charge in [-0.15, -0.1) is 0 Å². The van der Waals surface area contributed by atoms with Crippen LogP contribution in [0.5, 0.6) is 0 Å². The highest BCUT2D eigenvalue weighted by Gasteiger charge is 2.47. The third-order valence-electron chi connectivity index (χ3n) is 6.07. The zero-order valence-electron chi connectivity index (χ0n) is 15.9. The second-order valence-electron chi connectivity index (χ2n) is 7.44. The number of nitrogens with zero attached hydrogens (tertiary/aromatic N) is 2. The first kappa shape index (κ1) is 17.8. The lowest BCUT2D eigenvalue weighted by Gasteiger charge is -2.33. The summed E-state index contributed by atoms with van der Waals surface area (Å²) in [5.41, 5.74) is 14.3. The second kappa shape index (κ2) is 5.88. The minimum absolute atomic E-state index is 0.0397. The molecule has 148 valence electrons. The Morgan fingerprint density at radius 2 is 2.03 bits per heavy atom. The molecular formula is C21H20N4O4. The fraction of sp³-hybridized carbons (Fsp3) is 0.286. The molecule has 1 unspecified atom stereocenters. The minimum Gasteiger partial charge on any atom is -0.458 e. The molecule has 0 saturated carbocycles. The number of aliphatic hydroxyl groups is 1. The molecule has 1 atom stereocenters. The number of hydrogen-bond acceptors (Lipinski definition) is 7. The molecule has 5 N–H and O–H groups in total. The van der Waals surface area contributed by atoms with Crippen molar-refractivity contribution >= 4 is 22.6 Å². The second-order valence-corrected chi connectivity index (χ2v) is 7.44. The standard InChI is InChI=1S/C21H20N4O4/c1-2-21(28)15-13(9-29-20(21)27)19(26)25-8-12-11(7-22)10-5-3-4-6-14(10)24-17(12)18(25)16(15)23/h3-6,28H,2,7-9,22-23H2,1H3. The number of benzene rings is 1. The van der Waals surface area contributed by atoms with E-state index >= 15 is 0 Å². The summed E-state index contributed by atoms with van der Waals surface area (Å²) in [6.45, 7) is 2.00. The number of anilines is 1. The number of esters is 1. The first-order valence-electron chi connectivity index (χ1n) is 9.48. The highest BCUT2D eigenvalue weighted by Crippen LogP contribution is 2.44. The van der Waals surface area contributed by atoms with Gasteiger partial charge in [0.2, 0.25) is 0 Å². The summed E-state index contributed by atoms with van der Waals surface area (Å²) in [4.78, 5) is 30.4. The molecule has 5 rings (SSSR count). The SMILES string of the molecule is CCC1(O)C(=O)OCc2c1c(N)c1n(c2=O)Cc2c-1nc1ccccc1c2CN. The summed E-state index contributed by atoms with van der Waals surface area (Å²) in [7, 11) is 0. The number of nitrogen functional groups attached to an aromatic ring is 1. The first-order chi connectivity index (χ1) is 13.9. The van der Waals surface area contributed by atoms with Crippen LogP contribution in [0.25, 0.3) is 22.3 Å². The van der Waals surface area contributed by atoms with Gasteiger partial charge in [0, 0.05) is 23.1 Å². The molecule has 0 saturated heterocycles. The number of nitrogens with two attached hydrogens (primary N) is 2. The smallest absolute Gasteiger partial charge is 0.343 e. The van der Waals surface area contributed by atoms with Crippen LogP contribution >= 0.6 is 0 Å². The van der Waals surface area contributed by atoms with Crippen LogP contribution in [0.4, 0.5) is 5.69 Å². The van der Waals surface area contributed by atoms with Crippen LogP contribution < -0.4 is 17.0 Å². The largest absolute Gasteiger partial charge is 0.458 e. The van der Waals surface area contributed by atoms with Gasteiger partial charge in [-0.3, -0.25) is 4.79 Å². The van der Waals surface area contributed by atoms with Crippen LogP contribution in [0.2, 0.25) is 0 Å². The average molecular weight is 392 g/mol. The summed E-state index contributed by atoms with van der Waals surface area (Å²) in [6, 6.07) is 7.63. The van der Waals surface area contributed by atoms with E-state index < -0.39 is 11.6 Å². The number of para-hydroxylation sites is 1. The summed E-state index contributed by atoms with van der Waals surface area (Å²) in [6.07, 6.45) is 0.0397. The van der Waals surface area contributed by atoms with Crippen molar-refractivity contribution in [2.75, 3.05) is 5.73 Å². The van der Waals surface area contributed by atoms with E-state index in [1.165, 1.54) is 0 Å². The Labute approximate surface area is 165 Å². The van der Waals surface area contributed by atoms with Crippen molar-refractivity contribution in [3.63, 3.8) is 0 Å². The zero-order chi connectivity index (χ0) is 20.5. The van der Waals surface area contributed by atoms with Gasteiger partial charge in [-0.2, -0.15) is 0 Å². The molecular weight excluding hydrogens is 372 g/mol. The molecule has 3 aromatic rings. The number of cyclic esters (lactones) is 1. The maximum absolute atomic E-state index is 13.3. The Balaban J connectivity index is 1.90. The van der Waals surface area contributed by atoms with E-state index in [1.807, 2.05) is 24.3 Å². The van der Waals surface area contributed by atoms with Gasteiger partial charge >= 0.3 is 5.97 Å². The number of fused-ring (bicyclic) bond motifs is 5. The van der Waals surface area contributed by atoms with Crippen LogP contribution in [0, 0.1) is 0 Å². The van der Waals surface area contributed by atoms with Gasteiger partial charge in [-0.1, -0.05) is 25.1 Å². The van der Waals surface area contributed by atoms with Crippen molar-refractivity contribution in [2.24, 2.45) is 5.73 Å². The molecule has 2 aliphatic heterocycles. The predicted molar refractivity (Wildman–Crippen MR) is 107 cm³/mol. The molecule has 0 bridgehead atoms. The fourth-order valence-electron chi connectivity index (χ4n) is 4.57. The predicted octanol–water partition coefficient (Wildman–Crippen LogP) is 1.12. The van der Waals surface area contributed by atoms with E-state index in [2.05, 4.69) is 0 Å². The summed E-state index contributed by atoms with van der Waals surface area (Å²) < 4.78 is 6.64. The Hall–Kier alpha value is -3.23. The van der Waals surface area contributed by atoms with Gasteiger partial charge in [-0.25, -0.2) is 9.78 Å². The summed E-state index contributed by atoms with van der Waals surface area (Å²) in [5, 5.41) is 11.9. The van der Waals surface area contributed by atoms with Gasteiger partial charge < -0.3 is 25.9 Å². The van der Waals surface area contributed by atoms with Gasteiger partial charge in [0.05, 0.1) is 34.7 Å². The zero-order valence-corrected chi connectivity index (χ0v) is 15.9. The molecule has 2 aromatic heterocycles. The van der Waals surface area contributed by atoms with Gasteiger partial charge in [0.25, 0.3) is 5.56 Å². The molecule has 0 fully saturated rings. The lowest BCUT2D eigenvalue weighted by atomic mass is 9.84. The molecule has 0 radical (unpaired) electrons. The molecule has 2 aliphatic rings. The normalized spacial score (nSPS) is 19.6. The quantitative estimate of drug-likeness (QED) is 0.435. The van der Waals surface area contributed by atoms with E-state index in [9.17, 15) is 14.7 Å². The summed E-state index contributed by atoms with van der Waals surface area (Å²) in [5.74, 6) is -0.795. The molecule has 29 heavy (non-hydrogen) atoms. The van der Waals surface area contributed by atoms with E-state index in [0.29, 0.717) is 11.4 Å². The average Bonchev–Trinajstić information content (AvgIpc) is 3.11. The van der Waals surface area contributed by atoms with Crippen molar-refractivity contribution in [3.8, 4) is 11.4 Å². The third kappa shape index (κ3) is 2.12. The van der Waals surface area contributed by atoms with E-state index in [0.717, 1.165) is 22.0 Å². The van der Waals surface area contributed by atoms with Crippen LogP contribution in [-0.4, -0.2) is 20.6 Å². The van der Waals surface area contributed by atoms with Crippen LogP contribution in [0.15, 0.2) is 29.1 Å². The van der Waals surface area contributed by atoms with Crippen molar-refractivity contribution in [2.45, 2.75) is 38.6 Å². The molecule has 0 aliphatic carbocycles. The maximum atomic E-state index is 13.3. The number of rotatable bonds is 2. The van der Waals surface area contributed by atoms with E-state index in [-0.39, 0.29) is 48.5 Å². The minimum atomic E-state index is -1.96. The maximum Gasteiger partial charge on any atom is 0.343 e. The molecule has 1 aromatic carbocycles. The topological polar surface area (TPSA) is 133 Å². The number of carbonyl (C=O) groups excluding carboxylic acids is 1. The third-order valence-corrected chi connectivity index (χ3v) is 6.07. The van der Waals surface area contributed by atoms with Crippen LogP contribution in [-0.2, 0) is 34.8 Å². The molecule has 8 heteroatoms. The Morgan fingerprint density at radius 3 is 2.76 bits per heavy atom. The summed E-state index contributed by atoms with van der Waals surface area (Å²) >= 11 is 0. The lowest BCUT2D eigenvalue weighted by molar-refractivity contribution is -0.172. The van der Waals surface area contributed by atoms with Gasteiger partial charge in [0.15, 0.2) is 5.60 Å². The van der Waals surface area contributed by atoms with E-state index in [4.69, 9.17) is 21.2 Å². The van der Waals surface area contributed by atoms with Crippen LogP contribution in [0.1, 0.15) is 35.6 Å². The van der Waals surface area contributed by atoms with Gasteiger partial charge in [-0.05, 0) is 18.1 Å². The monoisotopic (exact) mass is 392 g/mol. The van der Waals surface area contributed by atoms with Gasteiger partial charge in [0.1, 0.15) is 6.61 Å². The van der Waals surface area contributed by atoms with Crippen molar-refractivity contribution in [3.05, 3.63) is 56.9 Å². The molecule has 0 spiro atoms. The van der Waals surface area contributed by atoms with E-state index in [1.54, 1.807) is 11.5 Å². The number of pyridine rings is 2. The first-order valence-corrected chi connectivity index (χ1v) is 9.48. The number of ether oxygens (including phenoxy) is 1. The molecule has 4 heterocycles.